The van der Waals surface area contributed by atoms with Gasteiger partial charge in [0.2, 0.25) is 53.2 Å². The number of phenols is 1. The van der Waals surface area contributed by atoms with Crippen LogP contribution in [0.2, 0.25) is 0 Å². The third-order valence-corrected chi connectivity index (χ3v) is 12.8. The fourth-order valence-electron chi connectivity index (χ4n) is 8.14. The van der Waals surface area contributed by atoms with Crippen LogP contribution in [0.4, 0.5) is 0 Å². The van der Waals surface area contributed by atoms with E-state index in [2.05, 4.69) is 37.2 Å². The second-order valence-electron chi connectivity index (χ2n) is 19.7. The lowest BCUT2D eigenvalue weighted by atomic mass is 10.00. The van der Waals surface area contributed by atoms with Gasteiger partial charge in [0.25, 0.3) is 0 Å². The van der Waals surface area contributed by atoms with Gasteiger partial charge in [0.05, 0.1) is 18.6 Å². The molecule has 27 nitrogen and oxygen atoms in total. The fourth-order valence-corrected chi connectivity index (χ4v) is 8.61. The molecule has 1 aliphatic rings. The van der Waals surface area contributed by atoms with Crippen molar-refractivity contribution in [2.24, 2.45) is 23.3 Å². The van der Waals surface area contributed by atoms with Gasteiger partial charge in [0, 0.05) is 19.4 Å². The Balaban J connectivity index is 2.38. The van der Waals surface area contributed by atoms with Crippen LogP contribution >= 0.6 is 11.8 Å². The molecule has 2 rings (SSSR count). The number of rotatable bonds is 34. The molecule has 0 radical (unpaired) electrons. The molecule has 0 saturated carbocycles. The Bertz CT molecular complexity index is 2250. The van der Waals surface area contributed by atoms with Gasteiger partial charge in [-0.2, -0.15) is 11.8 Å². The average Bonchev–Trinajstić information content (AvgIpc) is 3.84. The molecule has 28 heteroatoms. The minimum absolute atomic E-state index is 0.00403. The van der Waals surface area contributed by atoms with Crippen LogP contribution in [0.1, 0.15) is 104 Å². The zero-order chi connectivity index (χ0) is 58.3. The summed E-state index contributed by atoms with van der Waals surface area (Å²) in [5, 5.41) is 65.1. The number of carbonyl (C=O) groups excluding carboxylic acids is 9. The second kappa shape index (κ2) is 32.5. The Morgan fingerprint density at radius 3 is 1.61 bits per heavy atom. The highest BCUT2D eigenvalue weighted by atomic mass is 32.2. The topological polar surface area (TPSA) is 445 Å². The van der Waals surface area contributed by atoms with E-state index in [4.69, 9.17) is 11.5 Å². The molecule has 0 aromatic heterocycles. The predicted octanol–water partition coefficient (Wildman–Crippen LogP) is -2.44. The standard InChI is InChI=1S/C49H76N10O17S/c1-24(2)20-33(44(70)54-32(13-15-37(51)62)48(74)59-18-7-8-36(59)47(73)53-30(14-16-38(63)64)43(69)58-40(26(5)60)49(75)76)56-46(72)35(23-39(65)66)57-45(71)34(21-25(3)4)55-42(68)31(17-19-77-6)52-41(67)29(50)22-27-9-11-28(61)12-10-27/h9-12,24-26,29-36,40,60-61H,7-8,13-23,50H2,1-6H3,(H2,51,62)(H,52,67)(H,53,73)(H,54,70)(H,55,68)(H,56,72)(H,57,71)(H,58,69)(H,63,64)(H,65,66)(H,75,76)/t26-,29+,30+,31+,32+,33+,34+,35+,36+,40+/m1/s1. The number of thioether (sulfide) groups is 1. The maximum absolute atomic E-state index is 14.3. The van der Waals surface area contributed by atoms with E-state index in [9.17, 15) is 83.1 Å². The van der Waals surface area contributed by atoms with Gasteiger partial charge in [-0.25, -0.2) is 4.79 Å². The number of benzene rings is 1. The van der Waals surface area contributed by atoms with Crippen molar-refractivity contribution >= 4 is 82.8 Å². The van der Waals surface area contributed by atoms with Crippen LogP contribution in [0, 0.1) is 11.8 Å². The highest BCUT2D eigenvalue weighted by molar-refractivity contribution is 7.98. The summed E-state index contributed by atoms with van der Waals surface area (Å²) >= 11 is 1.38. The summed E-state index contributed by atoms with van der Waals surface area (Å²) in [6.45, 7) is 7.83. The fraction of sp³-hybridized carbons (Fsp3) is 0.633. The van der Waals surface area contributed by atoms with Crippen molar-refractivity contribution in [2.45, 2.75) is 166 Å². The number of aliphatic carboxylic acids is 3. The molecule has 9 amide bonds. The average molecular weight is 1110 g/mol. The van der Waals surface area contributed by atoms with Gasteiger partial charge in [0.1, 0.15) is 48.0 Å². The third-order valence-electron chi connectivity index (χ3n) is 12.1. The molecule has 1 aromatic carbocycles. The number of aromatic hydroxyl groups is 1. The summed E-state index contributed by atoms with van der Waals surface area (Å²) in [5.41, 5.74) is 12.2. The number of hydrogen-bond acceptors (Lipinski definition) is 16. The third kappa shape index (κ3) is 23.4. The Morgan fingerprint density at radius 2 is 1.12 bits per heavy atom. The summed E-state index contributed by atoms with van der Waals surface area (Å²) in [4.78, 5) is 159. The van der Waals surface area contributed by atoms with Crippen molar-refractivity contribution in [3.63, 3.8) is 0 Å². The number of primary amides is 1. The van der Waals surface area contributed by atoms with Crippen LogP contribution in [-0.2, 0) is 64.0 Å². The molecule has 77 heavy (non-hydrogen) atoms. The number of carboxylic acid groups (broad SMARTS) is 3. The van der Waals surface area contributed by atoms with E-state index in [1.165, 1.54) is 23.9 Å². The molecule has 0 bridgehead atoms. The van der Waals surface area contributed by atoms with Crippen molar-refractivity contribution in [3.05, 3.63) is 29.8 Å². The number of phenolic OH excluding ortho intramolecular Hbond substituents is 1. The molecule has 1 aromatic rings. The lowest BCUT2D eigenvalue weighted by Crippen LogP contribution is -2.61. The van der Waals surface area contributed by atoms with E-state index in [1.807, 2.05) is 0 Å². The van der Waals surface area contributed by atoms with Gasteiger partial charge in [-0.3, -0.25) is 52.7 Å². The molecule has 10 atom stereocenters. The largest absolute Gasteiger partial charge is 0.508 e. The lowest BCUT2D eigenvalue weighted by molar-refractivity contribution is -0.146. The SMILES string of the molecule is CSCC[C@H](NC(=O)[C@@H](N)Cc1ccc(O)cc1)C(=O)N[C@@H](CC(C)C)C(=O)N[C@@H](CC(=O)O)C(=O)N[C@@H](CC(C)C)C(=O)N[C@@H](CCC(N)=O)C(=O)N1CCC[C@H]1C(=O)N[C@@H](CCC(=O)O)C(=O)N[C@H](C(=O)O)[C@@H](C)O. The van der Waals surface area contributed by atoms with Crippen LogP contribution in [0.15, 0.2) is 24.3 Å². The number of amides is 9. The smallest absolute Gasteiger partial charge is 0.328 e. The first-order valence-corrected chi connectivity index (χ1v) is 26.5. The number of carboxylic acids is 3. The minimum atomic E-state index is -1.85. The number of nitrogens with two attached hydrogens (primary N) is 2. The summed E-state index contributed by atoms with van der Waals surface area (Å²) < 4.78 is 0. The molecule has 0 unspecified atom stereocenters. The molecular weight excluding hydrogens is 1030 g/mol. The summed E-state index contributed by atoms with van der Waals surface area (Å²) in [6, 6.07) is -7.38. The van der Waals surface area contributed by atoms with Crippen LogP contribution in [0.5, 0.6) is 5.75 Å². The Morgan fingerprint density at radius 1 is 0.636 bits per heavy atom. The van der Waals surface area contributed by atoms with Gasteiger partial charge in [-0.15, -0.1) is 0 Å². The van der Waals surface area contributed by atoms with Gasteiger partial charge >= 0.3 is 17.9 Å². The zero-order valence-corrected chi connectivity index (χ0v) is 44.9. The van der Waals surface area contributed by atoms with Crippen molar-refractivity contribution in [2.75, 3.05) is 18.6 Å². The molecule has 1 fully saturated rings. The van der Waals surface area contributed by atoms with Crippen molar-refractivity contribution in [1.29, 1.82) is 0 Å². The van der Waals surface area contributed by atoms with Gasteiger partial charge in [-0.1, -0.05) is 39.8 Å². The van der Waals surface area contributed by atoms with Crippen LogP contribution < -0.4 is 48.7 Å². The number of likely N-dealkylation sites (tertiary alicyclic amines) is 1. The van der Waals surface area contributed by atoms with Crippen molar-refractivity contribution in [3.8, 4) is 5.75 Å². The van der Waals surface area contributed by atoms with Gasteiger partial charge in [0.15, 0.2) is 6.04 Å². The maximum Gasteiger partial charge on any atom is 0.328 e. The summed E-state index contributed by atoms with van der Waals surface area (Å²) in [5.74, 6) is -13.2. The van der Waals surface area contributed by atoms with E-state index < -0.39 is 164 Å². The number of carbonyl (C=O) groups is 12. The van der Waals surface area contributed by atoms with Crippen LogP contribution in [0.3, 0.4) is 0 Å². The molecular formula is C49H76N10O17S. The van der Waals surface area contributed by atoms with E-state index in [0.29, 0.717) is 11.3 Å². The monoisotopic (exact) mass is 1110 g/mol. The summed E-state index contributed by atoms with van der Waals surface area (Å²) in [7, 11) is 0. The Hall–Kier alpha value is -7.07. The number of nitrogens with one attached hydrogen (secondary N) is 7. The predicted molar refractivity (Wildman–Crippen MR) is 277 cm³/mol. The number of aliphatic hydroxyl groups excluding tert-OH is 1. The van der Waals surface area contributed by atoms with E-state index in [-0.39, 0.29) is 62.7 Å². The van der Waals surface area contributed by atoms with E-state index in [0.717, 1.165) is 11.8 Å². The minimum Gasteiger partial charge on any atom is -0.508 e. The Kier molecular flexibility index (Phi) is 27.9. The molecule has 16 N–H and O–H groups in total. The van der Waals surface area contributed by atoms with E-state index in [1.54, 1.807) is 46.1 Å². The number of aliphatic hydroxyl groups is 1. The quantitative estimate of drug-likeness (QED) is 0.0341. The zero-order valence-electron chi connectivity index (χ0n) is 44.1. The molecule has 1 saturated heterocycles. The molecule has 0 aliphatic carbocycles. The van der Waals surface area contributed by atoms with Gasteiger partial charge in [-0.05, 0) is 99.8 Å². The van der Waals surface area contributed by atoms with Crippen molar-refractivity contribution in [1.82, 2.24) is 42.1 Å². The normalized spacial score (nSPS) is 16.7. The molecule has 1 heterocycles. The van der Waals surface area contributed by atoms with E-state index >= 15 is 0 Å². The first-order valence-electron chi connectivity index (χ1n) is 25.1. The van der Waals surface area contributed by atoms with Crippen LogP contribution in [-0.4, -0.2) is 181 Å². The maximum atomic E-state index is 14.3. The molecule has 0 spiro atoms. The molecule has 1 aliphatic heterocycles. The summed E-state index contributed by atoms with van der Waals surface area (Å²) in [6.07, 6.45) is -2.60. The van der Waals surface area contributed by atoms with Crippen molar-refractivity contribution < 1.29 is 83.1 Å². The highest BCUT2D eigenvalue weighted by Gasteiger charge is 2.41. The van der Waals surface area contributed by atoms with Crippen LogP contribution in [0.25, 0.3) is 0 Å². The number of hydrogen-bond donors (Lipinski definition) is 14. The van der Waals surface area contributed by atoms with Gasteiger partial charge < -0.3 is 79.1 Å². The second-order valence-corrected chi connectivity index (χ2v) is 20.7. The highest BCUT2D eigenvalue weighted by Crippen LogP contribution is 2.21. The Labute approximate surface area is 449 Å². The first kappa shape index (κ1) is 66.0. The lowest BCUT2D eigenvalue weighted by Gasteiger charge is -2.31. The number of nitrogens with zero attached hydrogens (tertiary/aromatic N) is 1. The molecule has 430 valence electrons. The first-order chi connectivity index (χ1) is 36.0.